The molecule has 21 heavy (non-hydrogen) atoms. The third-order valence-electron chi connectivity index (χ3n) is 4.16. The SMILES string of the molecule is COc1cccc(C(Cl)CN2c3ccccc3CC2C)c1. The monoisotopic (exact) mass is 301 g/mol. The van der Waals surface area contributed by atoms with E-state index in [-0.39, 0.29) is 5.38 Å². The molecule has 3 rings (SSSR count). The van der Waals surface area contributed by atoms with Crippen molar-refractivity contribution >= 4 is 17.3 Å². The van der Waals surface area contributed by atoms with E-state index in [1.54, 1.807) is 7.11 Å². The summed E-state index contributed by atoms with van der Waals surface area (Å²) in [6.07, 6.45) is 1.10. The number of para-hydroxylation sites is 1. The van der Waals surface area contributed by atoms with Gasteiger partial charge in [-0.1, -0.05) is 30.3 Å². The Bertz CT molecular complexity index is 628. The van der Waals surface area contributed by atoms with Crippen molar-refractivity contribution < 1.29 is 4.74 Å². The quantitative estimate of drug-likeness (QED) is 0.775. The third kappa shape index (κ3) is 2.86. The van der Waals surface area contributed by atoms with E-state index in [1.165, 1.54) is 11.3 Å². The Morgan fingerprint density at radius 1 is 1.24 bits per heavy atom. The van der Waals surface area contributed by atoms with Crippen LogP contribution in [-0.4, -0.2) is 19.7 Å². The Morgan fingerprint density at radius 3 is 2.86 bits per heavy atom. The Kier molecular flexibility index (Phi) is 4.07. The van der Waals surface area contributed by atoms with Crippen LogP contribution in [0.25, 0.3) is 0 Å². The maximum Gasteiger partial charge on any atom is 0.119 e. The number of anilines is 1. The molecular formula is C18H20ClNO. The number of ether oxygens (including phenoxy) is 1. The van der Waals surface area contributed by atoms with Crippen LogP contribution in [0.1, 0.15) is 23.4 Å². The fourth-order valence-electron chi connectivity index (χ4n) is 3.02. The van der Waals surface area contributed by atoms with Crippen LogP contribution in [0.4, 0.5) is 5.69 Å². The van der Waals surface area contributed by atoms with Crippen molar-refractivity contribution in [2.75, 3.05) is 18.6 Å². The Balaban J connectivity index is 1.80. The number of methoxy groups -OCH3 is 1. The summed E-state index contributed by atoms with van der Waals surface area (Å²) in [7, 11) is 1.68. The van der Waals surface area contributed by atoms with Crippen LogP contribution in [0.5, 0.6) is 5.75 Å². The number of hydrogen-bond acceptors (Lipinski definition) is 2. The standard InChI is InChI=1S/C18H20ClNO/c1-13-10-15-6-3-4-9-18(15)20(13)12-17(19)14-7-5-8-16(11-14)21-2/h3-9,11,13,17H,10,12H2,1-2H3. The molecule has 2 aromatic rings. The number of halogens is 1. The maximum absolute atomic E-state index is 6.65. The van der Waals surface area contributed by atoms with Crippen molar-refractivity contribution in [3.05, 3.63) is 59.7 Å². The van der Waals surface area contributed by atoms with Gasteiger partial charge in [-0.05, 0) is 42.7 Å². The number of hydrogen-bond donors (Lipinski definition) is 0. The van der Waals surface area contributed by atoms with Crippen molar-refractivity contribution in [3.63, 3.8) is 0 Å². The molecule has 0 radical (unpaired) electrons. The second kappa shape index (κ2) is 5.98. The lowest BCUT2D eigenvalue weighted by Crippen LogP contribution is -2.32. The number of alkyl halides is 1. The van der Waals surface area contributed by atoms with Gasteiger partial charge in [-0.25, -0.2) is 0 Å². The summed E-state index contributed by atoms with van der Waals surface area (Å²) in [5.41, 5.74) is 3.84. The Hall–Kier alpha value is -1.67. The summed E-state index contributed by atoms with van der Waals surface area (Å²) in [4.78, 5) is 2.41. The van der Waals surface area contributed by atoms with Crippen LogP contribution in [0.3, 0.4) is 0 Å². The van der Waals surface area contributed by atoms with Crippen molar-refractivity contribution in [1.82, 2.24) is 0 Å². The molecule has 0 saturated heterocycles. The molecule has 0 N–H and O–H groups in total. The molecule has 110 valence electrons. The highest BCUT2D eigenvalue weighted by Crippen LogP contribution is 2.35. The van der Waals surface area contributed by atoms with Crippen LogP contribution >= 0.6 is 11.6 Å². The van der Waals surface area contributed by atoms with E-state index in [0.29, 0.717) is 6.04 Å². The van der Waals surface area contributed by atoms with Gasteiger partial charge in [0.15, 0.2) is 0 Å². The first-order chi connectivity index (χ1) is 10.2. The van der Waals surface area contributed by atoms with Gasteiger partial charge in [-0.2, -0.15) is 0 Å². The first-order valence-electron chi connectivity index (χ1n) is 7.31. The Morgan fingerprint density at radius 2 is 2.05 bits per heavy atom. The molecule has 1 heterocycles. The molecule has 2 aromatic carbocycles. The van der Waals surface area contributed by atoms with Crippen LogP contribution < -0.4 is 9.64 Å². The Labute approximate surface area is 131 Å². The molecule has 2 unspecified atom stereocenters. The largest absolute Gasteiger partial charge is 0.497 e. The zero-order chi connectivity index (χ0) is 14.8. The molecule has 0 aliphatic carbocycles. The number of nitrogens with zero attached hydrogens (tertiary/aromatic N) is 1. The summed E-state index contributed by atoms with van der Waals surface area (Å²) in [6.45, 7) is 3.07. The smallest absolute Gasteiger partial charge is 0.119 e. The van der Waals surface area contributed by atoms with E-state index >= 15 is 0 Å². The third-order valence-corrected chi connectivity index (χ3v) is 4.55. The van der Waals surface area contributed by atoms with E-state index in [2.05, 4.69) is 42.2 Å². The van der Waals surface area contributed by atoms with Crippen molar-refractivity contribution in [2.24, 2.45) is 0 Å². The summed E-state index contributed by atoms with van der Waals surface area (Å²) < 4.78 is 5.28. The lowest BCUT2D eigenvalue weighted by Gasteiger charge is -2.27. The topological polar surface area (TPSA) is 12.5 Å². The van der Waals surface area contributed by atoms with Crippen LogP contribution in [0, 0.1) is 0 Å². The molecule has 0 amide bonds. The number of fused-ring (bicyclic) bond motifs is 1. The van der Waals surface area contributed by atoms with Crippen molar-refractivity contribution in [2.45, 2.75) is 24.8 Å². The molecule has 0 saturated carbocycles. The van der Waals surface area contributed by atoms with Gasteiger partial charge in [-0.15, -0.1) is 11.6 Å². The fourth-order valence-corrected chi connectivity index (χ4v) is 3.31. The zero-order valence-electron chi connectivity index (χ0n) is 12.4. The van der Waals surface area contributed by atoms with Crippen LogP contribution in [-0.2, 0) is 6.42 Å². The first kappa shape index (κ1) is 14.3. The lowest BCUT2D eigenvalue weighted by molar-refractivity contribution is 0.414. The predicted octanol–water partition coefficient (Wildman–Crippen LogP) is 4.43. The molecule has 1 aliphatic rings. The van der Waals surface area contributed by atoms with Gasteiger partial charge in [0.2, 0.25) is 0 Å². The first-order valence-corrected chi connectivity index (χ1v) is 7.75. The van der Waals surface area contributed by atoms with Gasteiger partial charge < -0.3 is 9.64 Å². The minimum atomic E-state index is -0.0475. The van der Waals surface area contributed by atoms with E-state index < -0.39 is 0 Å². The van der Waals surface area contributed by atoms with E-state index in [0.717, 1.165) is 24.3 Å². The zero-order valence-corrected chi connectivity index (χ0v) is 13.2. The highest BCUT2D eigenvalue weighted by Gasteiger charge is 2.27. The van der Waals surface area contributed by atoms with Gasteiger partial charge in [0, 0.05) is 18.3 Å². The molecule has 3 heteroatoms. The minimum Gasteiger partial charge on any atom is -0.497 e. The summed E-state index contributed by atoms with van der Waals surface area (Å²) in [5.74, 6) is 0.855. The van der Waals surface area contributed by atoms with Gasteiger partial charge in [0.1, 0.15) is 5.75 Å². The maximum atomic E-state index is 6.65. The van der Waals surface area contributed by atoms with Gasteiger partial charge >= 0.3 is 0 Å². The summed E-state index contributed by atoms with van der Waals surface area (Å²) in [5, 5.41) is -0.0475. The average Bonchev–Trinajstić information content (AvgIpc) is 2.83. The van der Waals surface area contributed by atoms with Crippen molar-refractivity contribution in [3.8, 4) is 5.75 Å². The van der Waals surface area contributed by atoms with E-state index in [1.807, 2.05) is 18.2 Å². The molecule has 0 spiro atoms. The van der Waals surface area contributed by atoms with Crippen molar-refractivity contribution in [1.29, 1.82) is 0 Å². The highest BCUT2D eigenvalue weighted by atomic mass is 35.5. The average molecular weight is 302 g/mol. The predicted molar refractivity (Wildman–Crippen MR) is 88.5 cm³/mol. The summed E-state index contributed by atoms with van der Waals surface area (Å²) in [6, 6.07) is 17.1. The molecule has 2 atom stereocenters. The minimum absolute atomic E-state index is 0.0475. The number of benzene rings is 2. The van der Waals surface area contributed by atoms with E-state index in [4.69, 9.17) is 16.3 Å². The molecule has 0 fully saturated rings. The lowest BCUT2D eigenvalue weighted by atomic mass is 10.1. The fraction of sp³-hybridized carbons (Fsp3) is 0.333. The van der Waals surface area contributed by atoms with Gasteiger partial charge in [0.25, 0.3) is 0 Å². The highest BCUT2D eigenvalue weighted by molar-refractivity contribution is 6.21. The van der Waals surface area contributed by atoms with Gasteiger partial charge in [0.05, 0.1) is 12.5 Å². The van der Waals surface area contributed by atoms with E-state index in [9.17, 15) is 0 Å². The molecule has 2 nitrogen and oxygen atoms in total. The normalized spacial score (nSPS) is 18.4. The molecule has 0 bridgehead atoms. The molecule has 1 aliphatic heterocycles. The number of rotatable bonds is 4. The molecule has 0 aromatic heterocycles. The van der Waals surface area contributed by atoms with Gasteiger partial charge in [-0.3, -0.25) is 0 Å². The molecular weight excluding hydrogens is 282 g/mol. The second-order valence-electron chi connectivity index (χ2n) is 5.58. The summed E-state index contributed by atoms with van der Waals surface area (Å²) >= 11 is 6.65. The van der Waals surface area contributed by atoms with Crippen LogP contribution in [0.2, 0.25) is 0 Å². The van der Waals surface area contributed by atoms with Crippen LogP contribution in [0.15, 0.2) is 48.5 Å². The second-order valence-corrected chi connectivity index (χ2v) is 6.11.